The van der Waals surface area contributed by atoms with Gasteiger partial charge in [-0.15, -0.1) is 0 Å². The van der Waals surface area contributed by atoms with Crippen LogP contribution in [0.1, 0.15) is 83.2 Å². The smallest absolute Gasteiger partial charge is 0.335 e. The van der Waals surface area contributed by atoms with E-state index >= 15 is 0 Å². The van der Waals surface area contributed by atoms with E-state index < -0.39 is 12.0 Å². The quantitative estimate of drug-likeness (QED) is 0.284. The molecular weight excluding hydrogens is 506 g/mol. The van der Waals surface area contributed by atoms with Crippen molar-refractivity contribution in [2.75, 3.05) is 6.54 Å². The zero-order chi connectivity index (χ0) is 28.4. The van der Waals surface area contributed by atoms with Gasteiger partial charge in [0.1, 0.15) is 6.04 Å². The highest BCUT2D eigenvalue weighted by molar-refractivity contribution is 6.02. The molecule has 1 fully saturated rings. The molecule has 3 aromatic carbocycles. The van der Waals surface area contributed by atoms with Gasteiger partial charge in [0.2, 0.25) is 5.89 Å². The van der Waals surface area contributed by atoms with Crippen LogP contribution < -0.4 is 0 Å². The number of rotatable bonds is 8. The fourth-order valence-electron chi connectivity index (χ4n) is 5.46. The number of hydrogen-bond donors (Lipinski definition) is 1. The minimum Gasteiger partial charge on any atom is -0.478 e. The Hall–Kier alpha value is -4.04. The Morgan fingerprint density at radius 2 is 1.85 bits per heavy atom. The first-order valence-corrected chi connectivity index (χ1v) is 13.7. The third-order valence-electron chi connectivity index (χ3n) is 7.29. The maximum absolute atomic E-state index is 13.9. The Morgan fingerprint density at radius 1 is 1.07 bits per heavy atom. The molecule has 2 atom stereocenters. The average Bonchev–Trinajstić information content (AvgIpc) is 3.55. The Labute approximate surface area is 234 Å². The van der Waals surface area contributed by atoms with Gasteiger partial charge in [0.05, 0.1) is 17.3 Å². The van der Waals surface area contributed by atoms with Crippen molar-refractivity contribution in [3.05, 3.63) is 94.6 Å². The predicted molar refractivity (Wildman–Crippen MR) is 151 cm³/mol. The lowest BCUT2D eigenvalue weighted by Gasteiger charge is -2.25. The van der Waals surface area contributed by atoms with Crippen molar-refractivity contribution in [2.45, 2.75) is 71.1 Å². The third kappa shape index (κ3) is 6.07. The van der Waals surface area contributed by atoms with Gasteiger partial charge >= 0.3 is 5.97 Å². The molecule has 1 amide bonds. The molecule has 40 heavy (non-hydrogen) atoms. The molecular formula is C32H35N3O5. The van der Waals surface area contributed by atoms with Gasteiger partial charge in [0, 0.05) is 24.9 Å². The van der Waals surface area contributed by atoms with Gasteiger partial charge in [0.25, 0.3) is 5.91 Å². The number of carbonyl (C=O) groups excluding carboxylic acids is 1. The summed E-state index contributed by atoms with van der Waals surface area (Å²) < 4.78 is 12.0. The number of carbonyl (C=O) groups is 2. The Kier molecular flexibility index (Phi) is 7.72. The molecule has 2 heterocycles. The summed E-state index contributed by atoms with van der Waals surface area (Å²) in [6.45, 7) is 8.19. The van der Waals surface area contributed by atoms with Crippen LogP contribution in [0.15, 0.2) is 65.2 Å². The molecule has 0 saturated carbocycles. The molecule has 1 saturated heterocycles. The fraction of sp³-hybridized carbons (Fsp3) is 0.375. The molecule has 1 aliphatic heterocycles. The van der Waals surface area contributed by atoms with Crippen molar-refractivity contribution in [1.29, 1.82) is 0 Å². The maximum atomic E-state index is 13.9. The van der Waals surface area contributed by atoms with E-state index in [1.807, 2.05) is 51.1 Å². The number of carboxylic acids is 1. The number of nitrogens with zero attached hydrogens (tertiary/aromatic N) is 3. The van der Waals surface area contributed by atoms with Crippen LogP contribution in [0.5, 0.6) is 0 Å². The first-order chi connectivity index (χ1) is 19.1. The van der Waals surface area contributed by atoms with Crippen molar-refractivity contribution in [3.63, 3.8) is 0 Å². The van der Waals surface area contributed by atoms with Crippen molar-refractivity contribution in [3.8, 4) is 0 Å². The minimum atomic E-state index is -0.969. The molecule has 0 radical (unpaired) electrons. The molecule has 1 N–H and O–H groups in total. The Bertz CT molecular complexity index is 1520. The number of hydrogen-bond acceptors (Lipinski definition) is 6. The van der Waals surface area contributed by atoms with Crippen LogP contribution in [-0.4, -0.2) is 50.3 Å². The summed E-state index contributed by atoms with van der Waals surface area (Å²) in [5, 5.41) is 15.3. The number of benzene rings is 3. The molecule has 5 rings (SSSR count). The van der Waals surface area contributed by atoms with E-state index in [0.717, 1.165) is 23.6 Å². The summed E-state index contributed by atoms with van der Waals surface area (Å²) in [5.41, 5.74) is 2.34. The lowest BCUT2D eigenvalue weighted by atomic mass is 9.98. The number of likely N-dealkylation sites (tertiary alicyclic amines) is 1. The molecule has 8 nitrogen and oxygen atoms in total. The predicted octanol–water partition coefficient (Wildman–Crippen LogP) is 6.18. The first kappa shape index (κ1) is 27.5. The molecule has 4 aromatic rings. The Morgan fingerprint density at radius 3 is 2.58 bits per heavy atom. The van der Waals surface area contributed by atoms with Crippen LogP contribution in [0.25, 0.3) is 10.8 Å². The number of aromatic nitrogens is 2. The zero-order valence-electron chi connectivity index (χ0n) is 23.4. The Balaban J connectivity index is 1.37. The van der Waals surface area contributed by atoms with Crippen LogP contribution in [0.3, 0.4) is 0 Å². The second kappa shape index (κ2) is 11.2. The summed E-state index contributed by atoms with van der Waals surface area (Å²) in [6, 6.07) is 18.6. The number of carboxylic acid groups (broad SMARTS) is 1. The van der Waals surface area contributed by atoms with Gasteiger partial charge in [-0.05, 0) is 80.6 Å². The van der Waals surface area contributed by atoms with Crippen molar-refractivity contribution >= 4 is 22.6 Å². The standard InChI is InChI=1S/C32H35N3O5/c1-20-25-15-14-23(17-22(25)13-16-26(20)31(37)38)30(36)35-19-24(39-32(2,3)4)18-27(35)29-33-28(34-40-29)12-8-11-21-9-6-5-7-10-21/h5-7,9-10,13-17,24,27H,8,11-12,18-19H2,1-4H3,(H,37,38)/t24-,27+/m1/s1. The number of ether oxygens (including phenoxy) is 1. The number of fused-ring (bicyclic) bond motifs is 1. The average molecular weight is 542 g/mol. The van der Waals surface area contributed by atoms with Gasteiger partial charge in [-0.2, -0.15) is 4.98 Å². The summed E-state index contributed by atoms with van der Waals surface area (Å²) in [6.07, 6.45) is 2.89. The van der Waals surface area contributed by atoms with Gasteiger partial charge in [-0.3, -0.25) is 4.79 Å². The number of aromatic carboxylic acids is 1. The molecule has 1 aliphatic rings. The molecule has 0 bridgehead atoms. The second-order valence-electron chi connectivity index (χ2n) is 11.4. The van der Waals surface area contributed by atoms with Gasteiger partial charge in [-0.25, -0.2) is 4.79 Å². The van der Waals surface area contributed by atoms with Crippen molar-refractivity contribution in [2.24, 2.45) is 0 Å². The van der Waals surface area contributed by atoms with Crippen LogP contribution in [0.2, 0.25) is 0 Å². The number of amides is 1. The van der Waals surface area contributed by atoms with E-state index in [2.05, 4.69) is 22.3 Å². The van der Waals surface area contributed by atoms with Crippen LogP contribution in [-0.2, 0) is 17.6 Å². The van der Waals surface area contributed by atoms with E-state index in [1.54, 1.807) is 30.0 Å². The molecule has 0 unspecified atom stereocenters. The normalized spacial score (nSPS) is 17.4. The van der Waals surface area contributed by atoms with E-state index in [1.165, 1.54) is 5.56 Å². The van der Waals surface area contributed by atoms with Gasteiger partial charge < -0.3 is 19.3 Å². The van der Waals surface area contributed by atoms with Gasteiger partial charge in [-0.1, -0.05) is 47.6 Å². The highest BCUT2D eigenvalue weighted by Crippen LogP contribution is 2.36. The lowest BCUT2D eigenvalue weighted by molar-refractivity contribution is -0.0535. The van der Waals surface area contributed by atoms with Crippen molar-refractivity contribution < 1.29 is 24.0 Å². The van der Waals surface area contributed by atoms with E-state index in [-0.39, 0.29) is 23.2 Å². The monoisotopic (exact) mass is 541 g/mol. The summed E-state index contributed by atoms with van der Waals surface area (Å²) in [7, 11) is 0. The summed E-state index contributed by atoms with van der Waals surface area (Å²) >= 11 is 0. The molecule has 8 heteroatoms. The van der Waals surface area contributed by atoms with Crippen LogP contribution in [0, 0.1) is 6.92 Å². The maximum Gasteiger partial charge on any atom is 0.335 e. The van der Waals surface area contributed by atoms with E-state index in [0.29, 0.717) is 42.2 Å². The summed E-state index contributed by atoms with van der Waals surface area (Å²) in [4.78, 5) is 31.9. The molecule has 208 valence electrons. The molecule has 0 spiro atoms. The lowest BCUT2D eigenvalue weighted by Crippen LogP contribution is -2.34. The highest BCUT2D eigenvalue weighted by atomic mass is 16.5. The highest BCUT2D eigenvalue weighted by Gasteiger charge is 2.41. The summed E-state index contributed by atoms with van der Waals surface area (Å²) in [5.74, 6) is -0.0706. The fourth-order valence-corrected chi connectivity index (χ4v) is 5.46. The van der Waals surface area contributed by atoms with E-state index in [4.69, 9.17) is 9.26 Å². The van der Waals surface area contributed by atoms with Gasteiger partial charge in [0.15, 0.2) is 5.82 Å². The minimum absolute atomic E-state index is 0.157. The topological polar surface area (TPSA) is 106 Å². The van der Waals surface area contributed by atoms with Crippen LogP contribution in [0.4, 0.5) is 0 Å². The SMILES string of the molecule is Cc1c(C(=O)O)ccc2cc(C(=O)N3C[C@H](OC(C)(C)C)C[C@H]3c3nc(CCCc4ccccc4)no3)ccc12. The first-order valence-electron chi connectivity index (χ1n) is 13.7. The largest absolute Gasteiger partial charge is 0.478 e. The second-order valence-corrected chi connectivity index (χ2v) is 11.4. The van der Waals surface area contributed by atoms with E-state index in [9.17, 15) is 14.7 Å². The molecule has 1 aromatic heterocycles. The number of aryl methyl sites for hydroxylation is 3. The zero-order valence-corrected chi connectivity index (χ0v) is 23.4. The third-order valence-corrected chi connectivity index (χ3v) is 7.29. The van der Waals surface area contributed by atoms with Crippen molar-refractivity contribution in [1.82, 2.24) is 15.0 Å². The molecule has 0 aliphatic carbocycles. The van der Waals surface area contributed by atoms with Crippen LogP contribution >= 0.6 is 0 Å².